The van der Waals surface area contributed by atoms with Crippen LogP contribution in [0.2, 0.25) is 0 Å². The number of hydrogen-bond donors (Lipinski definition) is 1. The van der Waals surface area contributed by atoms with Gasteiger partial charge in [-0.2, -0.15) is 0 Å². The molecule has 0 saturated carbocycles. The third kappa shape index (κ3) is 2.08. The predicted octanol–water partition coefficient (Wildman–Crippen LogP) is 2.95. The zero-order valence-corrected chi connectivity index (χ0v) is 10.7. The van der Waals surface area contributed by atoms with Crippen molar-refractivity contribution < 1.29 is 23.6 Å². The highest BCUT2D eigenvalue weighted by Gasteiger charge is 2.20. The number of carboxylic acid groups (broad SMARTS) is 1. The number of ether oxygens (including phenoxy) is 1. The van der Waals surface area contributed by atoms with Crippen molar-refractivity contribution in [1.29, 1.82) is 0 Å². The Morgan fingerprint density at radius 1 is 1.56 bits per heavy atom. The van der Waals surface area contributed by atoms with Gasteiger partial charge in [0, 0.05) is 6.07 Å². The van der Waals surface area contributed by atoms with Crippen LogP contribution in [0.4, 0.5) is 4.39 Å². The molecule has 0 amide bonds. The molecule has 0 saturated heterocycles. The molecular weight excluding hydrogens is 309 g/mol. The summed E-state index contributed by atoms with van der Waals surface area (Å²) in [5.41, 5.74) is 0.103. The number of aromatic nitrogens is 1. The molecule has 0 atom stereocenters. The van der Waals surface area contributed by atoms with Crippen LogP contribution in [-0.2, 0) is 0 Å². The number of aromatic carboxylic acids is 1. The van der Waals surface area contributed by atoms with Crippen LogP contribution < -0.4 is 4.74 Å². The van der Waals surface area contributed by atoms with Crippen molar-refractivity contribution in [3.63, 3.8) is 0 Å². The Morgan fingerprint density at radius 3 is 2.83 bits per heavy atom. The summed E-state index contributed by atoms with van der Waals surface area (Å²) < 4.78 is 24.0. The molecule has 0 aliphatic heterocycles. The van der Waals surface area contributed by atoms with Crippen molar-refractivity contribution in [2.24, 2.45) is 0 Å². The number of nitrogens with zero attached hydrogens (tertiary/aromatic N) is 1. The molecule has 18 heavy (non-hydrogen) atoms. The SMILES string of the molecule is COc1c(Br)ccc(F)c1-c1cc(C(=O)O)on1. The molecule has 0 bridgehead atoms. The minimum absolute atomic E-state index is 0.0446. The van der Waals surface area contributed by atoms with Crippen LogP contribution in [-0.4, -0.2) is 23.3 Å². The number of carboxylic acids is 1. The Balaban J connectivity index is 2.62. The quantitative estimate of drug-likeness (QED) is 0.942. The van der Waals surface area contributed by atoms with E-state index in [4.69, 9.17) is 9.84 Å². The van der Waals surface area contributed by atoms with Crippen LogP contribution in [0.25, 0.3) is 11.3 Å². The van der Waals surface area contributed by atoms with Crippen molar-refractivity contribution in [3.05, 3.63) is 34.2 Å². The van der Waals surface area contributed by atoms with E-state index in [-0.39, 0.29) is 22.8 Å². The van der Waals surface area contributed by atoms with E-state index in [1.807, 2.05) is 0 Å². The summed E-state index contributed by atoms with van der Waals surface area (Å²) in [5, 5.41) is 12.2. The minimum atomic E-state index is -1.27. The van der Waals surface area contributed by atoms with Gasteiger partial charge in [-0.3, -0.25) is 0 Å². The summed E-state index contributed by atoms with van der Waals surface area (Å²) >= 11 is 3.21. The highest BCUT2D eigenvalue weighted by atomic mass is 79.9. The lowest BCUT2D eigenvalue weighted by Crippen LogP contribution is -1.94. The summed E-state index contributed by atoms with van der Waals surface area (Å²) in [4.78, 5) is 10.7. The average Bonchev–Trinajstić information content (AvgIpc) is 2.81. The lowest BCUT2D eigenvalue weighted by atomic mass is 10.1. The maximum Gasteiger partial charge on any atom is 0.374 e. The van der Waals surface area contributed by atoms with Gasteiger partial charge in [-0.25, -0.2) is 9.18 Å². The molecule has 1 aromatic carbocycles. The van der Waals surface area contributed by atoms with Crippen LogP contribution in [0.3, 0.4) is 0 Å². The first kappa shape index (κ1) is 12.6. The first-order chi connectivity index (χ1) is 8.54. The fourth-order valence-corrected chi connectivity index (χ4v) is 1.96. The maximum absolute atomic E-state index is 13.8. The van der Waals surface area contributed by atoms with E-state index in [0.717, 1.165) is 6.07 Å². The second-order valence-corrected chi connectivity index (χ2v) is 4.17. The first-order valence-electron chi connectivity index (χ1n) is 4.77. The second kappa shape index (κ2) is 4.77. The van der Waals surface area contributed by atoms with Crippen LogP contribution >= 0.6 is 15.9 Å². The standard InChI is InChI=1S/C11H7BrFNO4/c1-17-10-5(12)2-3-6(13)9(10)7-4-8(11(15)16)18-14-7/h2-4H,1H3,(H,15,16). The molecule has 2 aromatic rings. The largest absolute Gasteiger partial charge is 0.495 e. The van der Waals surface area contributed by atoms with Gasteiger partial charge in [0.05, 0.1) is 17.1 Å². The molecule has 0 spiro atoms. The van der Waals surface area contributed by atoms with Crippen LogP contribution in [0.15, 0.2) is 27.2 Å². The molecule has 1 N–H and O–H groups in total. The molecule has 1 aromatic heterocycles. The van der Waals surface area contributed by atoms with E-state index in [0.29, 0.717) is 4.47 Å². The molecule has 0 radical (unpaired) electrons. The lowest BCUT2D eigenvalue weighted by molar-refractivity contribution is 0.0652. The monoisotopic (exact) mass is 315 g/mol. The Hall–Kier alpha value is -1.89. The van der Waals surface area contributed by atoms with Gasteiger partial charge in [0.1, 0.15) is 17.3 Å². The molecule has 0 aliphatic rings. The Labute approximate surface area is 109 Å². The van der Waals surface area contributed by atoms with Crippen molar-refractivity contribution in [1.82, 2.24) is 5.16 Å². The molecule has 1 heterocycles. The lowest BCUT2D eigenvalue weighted by Gasteiger charge is -2.08. The van der Waals surface area contributed by atoms with Crippen molar-refractivity contribution in [2.75, 3.05) is 7.11 Å². The zero-order chi connectivity index (χ0) is 13.3. The fraction of sp³-hybridized carbons (Fsp3) is 0.0909. The van der Waals surface area contributed by atoms with Crippen molar-refractivity contribution >= 4 is 21.9 Å². The molecule has 0 aliphatic carbocycles. The van der Waals surface area contributed by atoms with E-state index < -0.39 is 11.8 Å². The molecule has 0 fully saturated rings. The predicted molar refractivity (Wildman–Crippen MR) is 63.1 cm³/mol. The fourth-order valence-electron chi connectivity index (χ4n) is 1.47. The summed E-state index contributed by atoms with van der Waals surface area (Å²) in [6, 6.07) is 3.84. The molecule has 7 heteroatoms. The van der Waals surface area contributed by atoms with Crippen LogP contribution in [0.5, 0.6) is 5.75 Å². The maximum atomic E-state index is 13.8. The smallest absolute Gasteiger partial charge is 0.374 e. The molecule has 0 unspecified atom stereocenters. The molecule has 5 nitrogen and oxygen atoms in total. The van der Waals surface area contributed by atoms with Gasteiger partial charge < -0.3 is 14.4 Å². The van der Waals surface area contributed by atoms with Gasteiger partial charge in [0.15, 0.2) is 0 Å². The van der Waals surface area contributed by atoms with Gasteiger partial charge in [-0.1, -0.05) is 5.16 Å². The molecule has 2 rings (SSSR count). The average molecular weight is 316 g/mol. The van der Waals surface area contributed by atoms with Crippen molar-refractivity contribution in [3.8, 4) is 17.0 Å². The van der Waals surface area contributed by atoms with Gasteiger partial charge in [-0.15, -0.1) is 0 Å². The Kier molecular flexibility index (Phi) is 3.33. The zero-order valence-electron chi connectivity index (χ0n) is 9.11. The number of halogens is 2. The normalized spacial score (nSPS) is 10.4. The summed E-state index contributed by atoms with van der Waals surface area (Å²) in [7, 11) is 1.38. The van der Waals surface area contributed by atoms with E-state index in [2.05, 4.69) is 25.6 Å². The third-order valence-corrected chi connectivity index (χ3v) is 2.86. The number of benzene rings is 1. The highest BCUT2D eigenvalue weighted by Crippen LogP contribution is 2.37. The number of rotatable bonds is 3. The van der Waals surface area contributed by atoms with Gasteiger partial charge in [0.2, 0.25) is 5.76 Å². The van der Waals surface area contributed by atoms with Gasteiger partial charge >= 0.3 is 5.97 Å². The topological polar surface area (TPSA) is 72.6 Å². The van der Waals surface area contributed by atoms with E-state index in [1.165, 1.54) is 19.2 Å². The first-order valence-corrected chi connectivity index (χ1v) is 5.56. The summed E-state index contributed by atoms with van der Waals surface area (Å²) in [5.74, 6) is -2.00. The highest BCUT2D eigenvalue weighted by molar-refractivity contribution is 9.10. The molecular formula is C11H7BrFNO4. The minimum Gasteiger partial charge on any atom is -0.495 e. The van der Waals surface area contributed by atoms with Crippen LogP contribution in [0, 0.1) is 5.82 Å². The van der Waals surface area contributed by atoms with Gasteiger partial charge in [-0.05, 0) is 28.1 Å². The Morgan fingerprint density at radius 2 is 2.28 bits per heavy atom. The number of methoxy groups -OCH3 is 1. The van der Waals surface area contributed by atoms with E-state index >= 15 is 0 Å². The number of hydrogen-bond acceptors (Lipinski definition) is 4. The second-order valence-electron chi connectivity index (χ2n) is 3.32. The third-order valence-electron chi connectivity index (χ3n) is 2.24. The van der Waals surface area contributed by atoms with E-state index in [9.17, 15) is 9.18 Å². The van der Waals surface area contributed by atoms with Crippen LogP contribution in [0.1, 0.15) is 10.6 Å². The van der Waals surface area contributed by atoms with E-state index in [1.54, 1.807) is 0 Å². The summed E-state index contributed by atoms with van der Waals surface area (Å²) in [6.07, 6.45) is 0. The van der Waals surface area contributed by atoms with Crippen molar-refractivity contribution in [2.45, 2.75) is 0 Å². The van der Waals surface area contributed by atoms with Gasteiger partial charge in [0.25, 0.3) is 0 Å². The number of carbonyl (C=O) groups is 1. The summed E-state index contributed by atoms with van der Waals surface area (Å²) in [6.45, 7) is 0. The molecule has 94 valence electrons. The Bertz CT molecular complexity index is 611.